The molecular weight excluding hydrogens is 206 g/mol. The Morgan fingerprint density at radius 3 is 2.87 bits per heavy atom. The van der Waals surface area contributed by atoms with Crippen LogP contribution in [0.25, 0.3) is 0 Å². The molecule has 4 heteroatoms. The molecule has 0 atom stereocenters. The second-order valence-corrected chi connectivity index (χ2v) is 4.42. The number of thiazole rings is 1. The lowest BCUT2D eigenvalue weighted by Crippen LogP contribution is -2.23. The summed E-state index contributed by atoms with van der Waals surface area (Å²) in [5, 5.41) is 6.43. The molecule has 0 aliphatic heterocycles. The molecule has 0 amide bonds. The standard InChI is InChI=1S/C11H21N3S/c1-4-6-7-14(5-2)11-13-10(8-12-3)9-15-11/h9,12H,4-8H2,1-3H3. The van der Waals surface area contributed by atoms with E-state index in [1.54, 1.807) is 11.3 Å². The van der Waals surface area contributed by atoms with Crippen LogP contribution in [0.4, 0.5) is 5.13 Å². The van der Waals surface area contributed by atoms with E-state index >= 15 is 0 Å². The molecule has 86 valence electrons. The van der Waals surface area contributed by atoms with Crippen LogP contribution in [0.5, 0.6) is 0 Å². The molecule has 3 nitrogen and oxygen atoms in total. The molecule has 1 rings (SSSR count). The van der Waals surface area contributed by atoms with Gasteiger partial charge in [-0.25, -0.2) is 4.98 Å². The zero-order valence-electron chi connectivity index (χ0n) is 9.92. The van der Waals surface area contributed by atoms with Crippen molar-refractivity contribution in [3.63, 3.8) is 0 Å². The summed E-state index contributed by atoms with van der Waals surface area (Å²) in [5.41, 5.74) is 1.15. The summed E-state index contributed by atoms with van der Waals surface area (Å²) in [6.45, 7) is 7.45. The zero-order chi connectivity index (χ0) is 11.1. The predicted molar refractivity (Wildman–Crippen MR) is 67.7 cm³/mol. The highest BCUT2D eigenvalue weighted by atomic mass is 32.1. The normalized spacial score (nSPS) is 10.6. The van der Waals surface area contributed by atoms with E-state index in [-0.39, 0.29) is 0 Å². The molecule has 0 saturated heterocycles. The fourth-order valence-electron chi connectivity index (χ4n) is 1.44. The molecule has 0 aliphatic rings. The molecule has 0 bridgehead atoms. The molecule has 1 N–H and O–H groups in total. The number of nitrogens with zero attached hydrogens (tertiary/aromatic N) is 2. The van der Waals surface area contributed by atoms with Gasteiger partial charge in [0, 0.05) is 25.0 Å². The molecule has 0 radical (unpaired) electrons. The maximum Gasteiger partial charge on any atom is 0.185 e. The molecule has 1 aromatic rings. The van der Waals surface area contributed by atoms with E-state index in [2.05, 4.69) is 34.4 Å². The molecule has 0 aliphatic carbocycles. The van der Waals surface area contributed by atoms with Crippen molar-refractivity contribution >= 4 is 16.5 Å². The Bertz CT molecular complexity index is 273. The first-order chi connectivity index (χ1) is 7.31. The van der Waals surface area contributed by atoms with E-state index < -0.39 is 0 Å². The van der Waals surface area contributed by atoms with Crippen molar-refractivity contribution in [1.82, 2.24) is 10.3 Å². The summed E-state index contributed by atoms with van der Waals surface area (Å²) < 4.78 is 0. The van der Waals surface area contributed by atoms with Gasteiger partial charge in [-0.15, -0.1) is 11.3 Å². The van der Waals surface area contributed by atoms with E-state index in [9.17, 15) is 0 Å². The van der Waals surface area contributed by atoms with Crippen LogP contribution in [0.1, 0.15) is 32.4 Å². The first-order valence-corrected chi connectivity index (χ1v) is 6.53. The highest BCUT2D eigenvalue weighted by molar-refractivity contribution is 7.13. The number of hydrogen-bond donors (Lipinski definition) is 1. The molecule has 15 heavy (non-hydrogen) atoms. The number of hydrogen-bond acceptors (Lipinski definition) is 4. The first-order valence-electron chi connectivity index (χ1n) is 5.65. The highest BCUT2D eigenvalue weighted by Crippen LogP contribution is 2.20. The van der Waals surface area contributed by atoms with Crippen LogP contribution in [0.3, 0.4) is 0 Å². The van der Waals surface area contributed by atoms with Gasteiger partial charge in [0.1, 0.15) is 0 Å². The van der Waals surface area contributed by atoms with Crippen LogP contribution >= 0.6 is 11.3 Å². The van der Waals surface area contributed by atoms with Crippen LogP contribution in [-0.2, 0) is 6.54 Å². The lowest BCUT2D eigenvalue weighted by atomic mass is 10.3. The molecule has 0 saturated carbocycles. The fourth-order valence-corrected chi connectivity index (χ4v) is 2.36. The van der Waals surface area contributed by atoms with Crippen LogP contribution in [-0.4, -0.2) is 25.1 Å². The third-order valence-corrected chi connectivity index (χ3v) is 3.28. The van der Waals surface area contributed by atoms with Crippen molar-refractivity contribution in [2.75, 3.05) is 25.0 Å². The maximum absolute atomic E-state index is 4.61. The van der Waals surface area contributed by atoms with E-state index in [4.69, 9.17) is 0 Å². The topological polar surface area (TPSA) is 28.2 Å². The van der Waals surface area contributed by atoms with Crippen molar-refractivity contribution in [1.29, 1.82) is 0 Å². The summed E-state index contributed by atoms with van der Waals surface area (Å²) in [7, 11) is 1.95. The molecule has 0 fully saturated rings. The molecule has 1 aromatic heterocycles. The zero-order valence-corrected chi connectivity index (χ0v) is 10.7. The summed E-state index contributed by atoms with van der Waals surface area (Å²) in [4.78, 5) is 6.96. The lowest BCUT2D eigenvalue weighted by Gasteiger charge is -2.18. The summed E-state index contributed by atoms with van der Waals surface area (Å²) in [5.74, 6) is 0. The summed E-state index contributed by atoms with van der Waals surface area (Å²) in [6.07, 6.45) is 2.49. The molecule has 0 aromatic carbocycles. The summed E-state index contributed by atoms with van der Waals surface area (Å²) >= 11 is 1.75. The molecule has 1 heterocycles. The van der Waals surface area contributed by atoms with E-state index in [0.29, 0.717) is 0 Å². The summed E-state index contributed by atoms with van der Waals surface area (Å²) in [6, 6.07) is 0. The Balaban J connectivity index is 2.57. The highest BCUT2D eigenvalue weighted by Gasteiger charge is 2.08. The minimum absolute atomic E-state index is 0.863. The minimum Gasteiger partial charge on any atom is -0.348 e. The average Bonchev–Trinajstić information content (AvgIpc) is 2.68. The fraction of sp³-hybridized carbons (Fsp3) is 0.727. The molecule has 0 spiro atoms. The number of aromatic nitrogens is 1. The monoisotopic (exact) mass is 227 g/mol. The molecular formula is C11H21N3S. The van der Waals surface area contributed by atoms with Crippen molar-refractivity contribution in [3.8, 4) is 0 Å². The van der Waals surface area contributed by atoms with Crippen molar-refractivity contribution in [2.45, 2.75) is 33.2 Å². The van der Waals surface area contributed by atoms with Crippen molar-refractivity contribution in [3.05, 3.63) is 11.1 Å². The van der Waals surface area contributed by atoms with Crippen molar-refractivity contribution in [2.24, 2.45) is 0 Å². The third-order valence-electron chi connectivity index (χ3n) is 2.33. The Morgan fingerprint density at radius 1 is 1.47 bits per heavy atom. The van der Waals surface area contributed by atoms with Gasteiger partial charge in [-0.2, -0.15) is 0 Å². The van der Waals surface area contributed by atoms with E-state index in [1.807, 2.05) is 7.05 Å². The first kappa shape index (κ1) is 12.5. The number of nitrogens with one attached hydrogen (secondary N) is 1. The van der Waals surface area contributed by atoms with Crippen molar-refractivity contribution < 1.29 is 0 Å². The SMILES string of the molecule is CCCCN(CC)c1nc(CNC)cs1. The second-order valence-electron chi connectivity index (χ2n) is 3.58. The number of anilines is 1. The Morgan fingerprint density at radius 2 is 2.27 bits per heavy atom. The van der Waals surface area contributed by atoms with Gasteiger partial charge in [0.2, 0.25) is 0 Å². The third kappa shape index (κ3) is 3.80. The van der Waals surface area contributed by atoms with Crippen LogP contribution in [0.15, 0.2) is 5.38 Å². The second kappa shape index (κ2) is 6.80. The van der Waals surface area contributed by atoms with E-state index in [0.717, 1.165) is 30.5 Å². The van der Waals surface area contributed by atoms with Gasteiger partial charge in [-0.3, -0.25) is 0 Å². The number of rotatable bonds is 7. The van der Waals surface area contributed by atoms with Crippen LogP contribution in [0.2, 0.25) is 0 Å². The minimum atomic E-state index is 0.863. The van der Waals surface area contributed by atoms with Gasteiger partial charge in [-0.1, -0.05) is 13.3 Å². The van der Waals surface area contributed by atoms with Crippen LogP contribution in [0, 0.1) is 0 Å². The predicted octanol–water partition coefficient (Wildman–Crippen LogP) is 2.49. The van der Waals surface area contributed by atoms with Gasteiger partial charge in [0.15, 0.2) is 5.13 Å². The smallest absolute Gasteiger partial charge is 0.185 e. The van der Waals surface area contributed by atoms with Gasteiger partial charge >= 0.3 is 0 Å². The lowest BCUT2D eigenvalue weighted by molar-refractivity contribution is 0.725. The van der Waals surface area contributed by atoms with Gasteiger partial charge in [0.05, 0.1) is 5.69 Å². The van der Waals surface area contributed by atoms with E-state index in [1.165, 1.54) is 12.8 Å². The largest absolute Gasteiger partial charge is 0.348 e. The van der Waals surface area contributed by atoms with Crippen LogP contribution < -0.4 is 10.2 Å². The van der Waals surface area contributed by atoms with Gasteiger partial charge < -0.3 is 10.2 Å². The Kier molecular flexibility index (Phi) is 5.65. The van der Waals surface area contributed by atoms with Gasteiger partial charge in [0.25, 0.3) is 0 Å². The Hall–Kier alpha value is -0.610. The maximum atomic E-state index is 4.61. The number of unbranched alkanes of at least 4 members (excludes halogenated alkanes) is 1. The molecule has 0 unspecified atom stereocenters. The average molecular weight is 227 g/mol. The van der Waals surface area contributed by atoms with Gasteiger partial charge in [-0.05, 0) is 20.4 Å². The Labute approximate surface area is 96.5 Å². The quantitative estimate of drug-likeness (QED) is 0.775.